The average Bonchev–Trinajstić information content (AvgIpc) is 2.94. The zero-order valence-corrected chi connectivity index (χ0v) is 25.1. The molecule has 4 fully saturated rings. The molecular weight excluding hydrogens is 553 g/mol. The first-order valence-corrected chi connectivity index (χ1v) is 14.4. The molecule has 4 aliphatic rings. The molecule has 0 spiro atoms. The van der Waals surface area contributed by atoms with Gasteiger partial charge in [-0.25, -0.2) is 9.78 Å². The van der Waals surface area contributed by atoms with Gasteiger partial charge < -0.3 is 30.5 Å². The number of piperazine rings is 1. The first-order chi connectivity index (χ1) is 19.0. The third-order valence-electron chi connectivity index (χ3n) is 9.39. The molecule has 40 heavy (non-hydrogen) atoms. The number of nitrogens with zero attached hydrogens (tertiary/aromatic N) is 4. The first-order valence-electron chi connectivity index (χ1n) is 13.6. The number of nitrogens with one attached hydrogen (secondary N) is 3. The third kappa shape index (κ3) is 5.00. The molecule has 3 aliphatic carbocycles. The molecule has 1 aliphatic heterocycles. The highest BCUT2D eigenvalue weighted by molar-refractivity contribution is 6.33. The van der Waals surface area contributed by atoms with Gasteiger partial charge in [0.2, 0.25) is 11.9 Å². The fourth-order valence-corrected chi connectivity index (χ4v) is 7.30. The van der Waals surface area contributed by atoms with E-state index in [1.54, 1.807) is 18.1 Å². The number of benzene rings is 1. The molecule has 216 valence electrons. The molecule has 0 radical (unpaired) electrons. The maximum atomic E-state index is 12.9. The summed E-state index contributed by atoms with van der Waals surface area (Å²) in [5.74, 6) is 1.51. The van der Waals surface area contributed by atoms with E-state index in [4.69, 9.17) is 32.9 Å². The molecule has 2 aromatic rings. The number of ether oxygens (including phenoxy) is 1. The zero-order chi connectivity index (χ0) is 28.8. The Morgan fingerprint density at radius 2 is 1.80 bits per heavy atom. The molecule has 2 heterocycles. The van der Waals surface area contributed by atoms with Gasteiger partial charge in [-0.15, -0.1) is 0 Å². The van der Waals surface area contributed by atoms with Crippen LogP contribution in [-0.4, -0.2) is 72.7 Å². The summed E-state index contributed by atoms with van der Waals surface area (Å²) in [6.45, 7) is 9.04. The Labute approximate surface area is 245 Å². The summed E-state index contributed by atoms with van der Waals surface area (Å²) < 4.78 is 4.84. The van der Waals surface area contributed by atoms with Crippen molar-refractivity contribution < 1.29 is 14.3 Å². The molecular formula is C28H37Cl2N7O3. The first kappa shape index (κ1) is 28.5. The van der Waals surface area contributed by atoms with Gasteiger partial charge in [-0.3, -0.25) is 4.79 Å². The number of carbonyl (C=O) groups is 2. The standard InChI is InChI=1S/C28H37Cl2N7O3/c1-27(2)16-12-18(24(38)31-4)28(3,22(27)13-16)35-23-20(30)15-32-25(34-23)33-17-6-7-19(29)21(14-17)36-8-10-37(11-9-36)26(39)40-5/h6-7,14-16,18,22H,8-13H2,1-5H3,(H,31,38)(H2,32,33,34,35)/t16-,18-,22-,28+/m1/s1. The van der Waals surface area contributed by atoms with E-state index in [1.807, 2.05) is 18.2 Å². The van der Waals surface area contributed by atoms with E-state index < -0.39 is 5.54 Å². The summed E-state index contributed by atoms with van der Waals surface area (Å²) in [7, 11) is 3.08. The lowest BCUT2D eigenvalue weighted by Gasteiger charge is -2.66. The van der Waals surface area contributed by atoms with Crippen molar-refractivity contribution in [2.45, 2.75) is 39.2 Å². The molecule has 4 atom stereocenters. The normalized spacial score (nSPS) is 26.9. The number of halogens is 2. The second-order valence-electron chi connectivity index (χ2n) is 11.7. The van der Waals surface area contributed by atoms with Crippen molar-refractivity contribution in [2.75, 3.05) is 55.9 Å². The van der Waals surface area contributed by atoms with Crippen molar-refractivity contribution in [2.24, 2.45) is 23.2 Å². The van der Waals surface area contributed by atoms with Crippen LogP contribution < -0.4 is 20.9 Å². The number of amides is 2. The highest BCUT2D eigenvalue weighted by atomic mass is 35.5. The van der Waals surface area contributed by atoms with E-state index in [1.165, 1.54) is 7.11 Å². The number of anilines is 4. The fraction of sp³-hybridized carbons (Fsp3) is 0.571. The predicted molar refractivity (Wildman–Crippen MR) is 158 cm³/mol. The minimum atomic E-state index is -0.520. The molecule has 2 amide bonds. The van der Waals surface area contributed by atoms with Gasteiger partial charge >= 0.3 is 6.09 Å². The highest BCUT2D eigenvalue weighted by Gasteiger charge is 2.64. The quantitative estimate of drug-likeness (QED) is 0.431. The fourth-order valence-electron chi connectivity index (χ4n) is 6.92. The van der Waals surface area contributed by atoms with Crippen molar-refractivity contribution in [1.29, 1.82) is 0 Å². The Balaban J connectivity index is 1.35. The summed E-state index contributed by atoms with van der Waals surface area (Å²) in [5.41, 5.74) is 1.22. The van der Waals surface area contributed by atoms with Crippen molar-refractivity contribution in [3.8, 4) is 0 Å². The largest absolute Gasteiger partial charge is 0.453 e. The molecule has 1 saturated heterocycles. The van der Waals surface area contributed by atoms with Gasteiger partial charge in [-0.05, 0) is 55.2 Å². The van der Waals surface area contributed by atoms with Crippen LogP contribution in [0, 0.1) is 23.2 Å². The lowest BCUT2D eigenvalue weighted by molar-refractivity contribution is -0.155. The molecule has 6 rings (SSSR count). The van der Waals surface area contributed by atoms with Crippen molar-refractivity contribution in [3.05, 3.63) is 34.4 Å². The minimum Gasteiger partial charge on any atom is -0.453 e. The number of aromatic nitrogens is 2. The van der Waals surface area contributed by atoms with Crippen LogP contribution in [0.4, 0.5) is 27.9 Å². The van der Waals surface area contributed by atoms with Gasteiger partial charge in [0.05, 0.1) is 35.5 Å². The van der Waals surface area contributed by atoms with Crippen LogP contribution in [0.2, 0.25) is 10.0 Å². The molecule has 1 aromatic heterocycles. The zero-order valence-electron chi connectivity index (χ0n) is 23.6. The molecule has 12 heteroatoms. The lowest BCUT2D eigenvalue weighted by Crippen LogP contribution is -2.69. The van der Waals surface area contributed by atoms with E-state index >= 15 is 0 Å². The second-order valence-corrected chi connectivity index (χ2v) is 12.6. The van der Waals surface area contributed by atoms with Gasteiger partial charge in [-0.2, -0.15) is 4.98 Å². The number of rotatable bonds is 6. The van der Waals surface area contributed by atoms with Crippen LogP contribution in [0.15, 0.2) is 24.4 Å². The van der Waals surface area contributed by atoms with Gasteiger partial charge in [0.15, 0.2) is 5.82 Å². The van der Waals surface area contributed by atoms with E-state index in [9.17, 15) is 9.59 Å². The maximum Gasteiger partial charge on any atom is 0.409 e. The maximum absolute atomic E-state index is 12.9. The van der Waals surface area contributed by atoms with E-state index in [0.717, 1.165) is 24.2 Å². The second kappa shape index (κ2) is 10.8. The molecule has 3 N–H and O–H groups in total. The van der Waals surface area contributed by atoms with Crippen molar-refractivity contribution in [3.63, 3.8) is 0 Å². The Hall–Kier alpha value is -2.98. The number of methoxy groups -OCH3 is 1. The van der Waals surface area contributed by atoms with Crippen molar-refractivity contribution in [1.82, 2.24) is 20.2 Å². The Kier molecular flexibility index (Phi) is 7.69. The summed E-state index contributed by atoms with van der Waals surface area (Å²) in [4.78, 5) is 37.7. The van der Waals surface area contributed by atoms with E-state index in [0.29, 0.717) is 59.8 Å². The number of fused-ring (bicyclic) bond motifs is 2. The highest BCUT2D eigenvalue weighted by Crippen LogP contribution is 2.65. The summed E-state index contributed by atoms with van der Waals surface area (Å²) >= 11 is 13.1. The molecule has 1 aromatic carbocycles. The van der Waals surface area contributed by atoms with E-state index in [2.05, 4.69) is 46.6 Å². The summed E-state index contributed by atoms with van der Waals surface area (Å²) in [6.07, 6.45) is 3.13. The van der Waals surface area contributed by atoms with Gasteiger partial charge in [0.25, 0.3) is 0 Å². The lowest BCUT2D eigenvalue weighted by atomic mass is 9.40. The van der Waals surface area contributed by atoms with Gasteiger partial charge in [0.1, 0.15) is 5.02 Å². The Bertz CT molecular complexity index is 1300. The molecule has 0 unspecified atom stereocenters. The monoisotopic (exact) mass is 589 g/mol. The third-order valence-corrected chi connectivity index (χ3v) is 9.98. The number of carbonyl (C=O) groups excluding carboxylic acids is 2. The predicted octanol–water partition coefficient (Wildman–Crippen LogP) is 5.01. The van der Waals surface area contributed by atoms with Crippen LogP contribution >= 0.6 is 23.2 Å². The SMILES string of the molecule is CNC(=O)[C@H]1C[C@@H]2C[C@H](C2(C)C)[C@@]1(C)Nc1nc(Nc2ccc(Cl)c(N3CCN(C(=O)OC)CC3)c2)ncc1Cl. The van der Waals surface area contributed by atoms with Crippen LogP contribution in [-0.2, 0) is 9.53 Å². The minimum absolute atomic E-state index is 0.0323. The Morgan fingerprint density at radius 1 is 1.07 bits per heavy atom. The van der Waals surface area contributed by atoms with Crippen LogP contribution in [0.3, 0.4) is 0 Å². The summed E-state index contributed by atoms with van der Waals surface area (Å²) in [6, 6.07) is 5.64. The number of hydrogen-bond donors (Lipinski definition) is 3. The number of hydrogen-bond acceptors (Lipinski definition) is 8. The van der Waals surface area contributed by atoms with Crippen LogP contribution in [0.5, 0.6) is 0 Å². The smallest absolute Gasteiger partial charge is 0.409 e. The van der Waals surface area contributed by atoms with Crippen molar-refractivity contribution >= 4 is 58.3 Å². The van der Waals surface area contributed by atoms with Crippen LogP contribution in [0.1, 0.15) is 33.6 Å². The summed E-state index contributed by atoms with van der Waals surface area (Å²) in [5, 5.41) is 10.7. The Morgan fingerprint density at radius 3 is 2.45 bits per heavy atom. The van der Waals surface area contributed by atoms with Gasteiger partial charge in [0, 0.05) is 38.9 Å². The molecule has 3 saturated carbocycles. The van der Waals surface area contributed by atoms with Gasteiger partial charge in [-0.1, -0.05) is 37.0 Å². The molecule has 10 nitrogen and oxygen atoms in total. The average molecular weight is 591 g/mol. The molecule has 2 bridgehead atoms. The topological polar surface area (TPSA) is 112 Å². The van der Waals surface area contributed by atoms with E-state index in [-0.39, 0.29) is 23.3 Å². The van der Waals surface area contributed by atoms with Crippen LogP contribution in [0.25, 0.3) is 0 Å².